The van der Waals surface area contributed by atoms with Gasteiger partial charge in [0.2, 0.25) is 0 Å². The molecular formula is C19H26ClNO3. The molecular weight excluding hydrogens is 326 g/mol. The van der Waals surface area contributed by atoms with Crippen LogP contribution in [0, 0.1) is 0 Å². The monoisotopic (exact) mass is 351 g/mol. The van der Waals surface area contributed by atoms with Gasteiger partial charge in [0.1, 0.15) is 23.9 Å². The second-order valence-corrected chi connectivity index (χ2v) is 5.02. The molecule has 132 valence electrons. The van der Waals surface area contributed by atoms with Crippen molar-refractivity contribution in [3.63, 3.8) is 0 Å². The molecule has 0 heterocycles. The number of hydrogen-bond acceptors (Lipinski definition) is 4. The summed E-state index contributed by atoms with van der Waals surface area (Å²) in [5.41, 5.74) is 0. The second kappa shape index (κ2) is 12.5. The van der Waals surface area contributed by atoms with Gasteiger partial charge in [-0.15, -0.1) is 12.4 Å². The smallest absolute Gasteiger partial charge is 0.119 e. The third kappa shape index (κ3) is 8.09. The first kappa shape index (κ1) is 20.1. The van der Waals surface area contributed by atoms with Gasteiger partial charge in [0.05, 0.1) is 13.2 Å². The van der Waals surface area contributed by atoms with Crippen LogP contribution < -0.4 is 19.5 Å². The van der Waals surface area contributed by atoms with Crippen LogP contribution in [0.3, 0.4) is 0 Å². The van der Waals surface area contributed by atoms with E-state index in [0.29, 0.717) is 13.2 Å². The minimum Gasteiger partial charge on any atom is -0.494 e. The second-order valence-electron chi connectivity index (χ2n) is 5.02. The summed E-state index contributed by atoms with van der Waals surface area (Å²) in [5.74, 6) is 2.66. The zero-order valence-electron chi connectivity index (χ0n) is 14.1. The molecule has 1 N–H and O–H groups in total. The van der Waals surface area contributed by atoms with Gasteiger partial charge in [-0.25, -0.2) is 0 Å². The molecule has 0 aliphatic carbocycles. The fourth-order valence-corrected chi connectivity index (χ4v) is 2.07. The summed E-state index contributed by atoms with van der Waals surface area (Å²) in [6, 6.07) is 17.6. The Morgan fingerprint density at radius 1 is 0.708 bits per heavy atom. The molecule has 0 spiro atoms. The highest BCUT2D eigenvalue weighted by Gasteiger charge is 1.96. The fraction of sp³-hybridized carbons (Fsp3) is 0.368. The molecule has 0 amide bonds. The van der Waals surface area contributed by atoms with E-state index in [-0.39, 0.29) is 12.4 Å². The lowest BCUT2D eigenvalue weighted by molar-refractivity contribution is 0.294. The molecule has 2 rings (SSSR count). The molecule has 0 bridgehead atoms. The summed E-state index contributed by atoms with van der Waals surface area (Å²) in [6.07, 6.45) is 0.970. The van der Waals surface area contributed by atoms with Gasteiger partial charge in [-0.05, 0) is 56.3 Å². The molecule has 0 aromatic heterocycles. The zero-order chi connectivity index (χ0) is 16.2. The lowest BCUT2D eigenvalue weighted by Crippen LogP contribution is -2.23. The van der Waals surface area contributed by atoms with Crippen LogP contribution in [-0.4, -0.2) is 32.9 Å². The summed E-state index contributed by atoms with van der Waals surface area (Å²) in [5, 5.41) is 3.34. The van der Waals surface area contributed by atoms with Crippen molar-refractivity contribution in [3.8, 4) is 17.2 Å². The SMILES string of the molecule is CCOc1ccc(OCCNCCCOc2ccccc2)cc1.Cl. The topological polar surface area (TPSA) is 39.7 Å². The van der Waals surface area contributed by atoms with Gasteiger partial charge in [-0.2, -0.15) is 0 Å². The molecule has 0 fully saturated rings. The first-order chi connectivity index (χ1) is 11.4. The van der Waals surface area contributed by atoms with Crippen LogP contribution in [0.2, 0.25) is 0 Å². The van der Waals surface area contributed by atoms with Crippen LogP contribution >= 0.6 is 12.4 Å². The van der Waals surface area contributed by atoms with E-state index < -0.39 is 0 Å². The number of halogens is 1. The molecule has 0 saturated heterocycles. The van der Waals surface area contributed by atoms with Gasteiger partial charge in [0.25, 0.3) is 0 Å². The van der Waals surface area contributed by atoms with E-state index in [1.807, 2.05) is 61.5 Å². The Hall–Kier alpha value is -1.91. The third-order valence-corrected chi connectivity index (χ3v) is 3.19. The van der Waals surface area contributed by atoms with Gasteiger partial charge < -0.3 is 19.5 Å². The molecule has 0 atom stereocenters. The molecule has 0 radical (unpaired) electrons. The Balaban J connectivity index is 0.00000288. The van der Waals surface area contributed by atoms with Gasteiger partial charge in [-0.1, -0.05) is 18.2 Å². The standard InChI is InChI=1S/C19H25NO3.ClH/c1-2-21-18-9-11-19(12-10-18)23-16-14-20-13-6-15-22-17-7-4-3-5-8-17;/h3-5,7-12,20H,2,6,13-16H2,1H3;1H. The van der Waals surface area contributed by atoms with Crippen LogP contribution in [-0.2, 0) is 0 Å². The summed E-state index contributed by atoms with van der Waals surface area (Å²) >= 11 is 0. The Morgan fingerprint density at radius 3 is 1.96 bits per heavy atom. The maximum atomic E-state index is 5.67. The molecule has 0 unspecified atom stereocenters. The van der Waals surface area contributed by atoms with E-state index in [1.54, 1.807) is 0 Å². The highest BCUT2D eigenvalue weighted by molar-refractivity contribution is 5.85. The van der Waals surface area contributed by atoms with E-state index in [4.69, 9.17) is 14.2 Å². The predicted octanol–water partition coefficient (Wildman–Crippen LogP) is 3.94. The lowest BCUT2D eigenvalue weighted by atomic mass is 10.3. The molecule has 4 nitrogen and oxygen atoms in total. The van der Waals surface area contributed by atoms with Crippen molar-refractivity contribution >= 4 is 12.4 Å². The maximum absolute atomic E-state index is 5.67. The first-order valence-electron chi connectivity index (χ1n) is 8.12. The quantitative estimate of drug-likeness (QED) is 0.622. The molecule has 0 aliphatic heterocycles. The van der Waals surface area contributed by atoms with Gasteiger partial charge >= 0.3 is 0 Å². The molecule has 0 aliphatic rings. The van der Waals surface area contributed by atoms with Crippen molar-refractivity contribution < 1.29 is 14.2 Å². The van der Waals surface area contributed by atoms with Crippen LogP contribution in [0.4, 0.5) is 0 Å². The minimum absolute atomic E-state index is 0. The number of hydrogen-bond donors (Lipinski definition) is 1. The van der Waals surface area contributed by atoms with Crippen molar-refractivity contribution in [2.24, 2.45) is 0 Å². The maximum Gasteiger partial charge on any atom is 0.119 e. The average Bonchev–Trinajstić information content (AvgIpc) is 2.60. The summed E-state index contributed by atoms with van der Waals surface area (Å²) in [4.78, 5) is 0. The molecule has 5 heteroatoms. The van der Waals surface area contributed by atoms with Crippen LogP contribution in [0.25, 0.3) is 0 Å². The fourth-order valence-electron chi connectivity index (χ4n) is 2.07. The Labute approximate surface area is 150 Å². The van der Waals surface area contributed by atoms with Crippen molar-refractivity contribution in [1.29, 1.82) is 0 Å². The first-order valence-corrected chi connectivity index (χ1v) is 8.12. The molecule has 2 aromatic carbocycles. The van der Waals surface area contributed by atoms with E-state index in [2.05, 4.69) is 5.32 Å². The van der Waals surface area contributed by atoms with Crippen molar-refractivity contribution in [2.75, 3.05) is 32.9 Å². The van der Waals surface area contributed by atoms with Crippen molar-refractivity contribution in [1.82, 2.24) is 5.32 Å². The van der Waals surface area contributed by atoms with Gasteiger partial charge in [-0.3, -0.25) is 0 Å². The highest BCUT2D eigenvalue weighted by Crippen LogP contribution is 2.17. The van der Waals surface area contributed by atoms with Crippen molar-refractivity contribution in [2.45, 2.75) is 13.3 Å². The van der Waals surface area contributed by atoms with Gasteiger partial charge in [0, 0.05) is 6.54 Å². The van der Waals surface area contributed by atoms with Crippen molar-refractivity contribution in [3.05, 3.63) is 54.6 Å². The summed E-state index contributed by atoms with van der Waals surface area (Å²) < 4.78 is 16.7. The normalized spacial score (nSPS) is 9.88. The molecule has 2 aromatic rings. The van der Waals surface area contributed by atoms with E-state index in [1.165, 1.54) is 0 Å². The van der Waals surface area contributed by atoms with Crippen LogP contribution in [0.1, 0.15) is 13.3 Å². The Morgan fingerprint density at radius 2 is 1.29 bits per heavy atom. The number of benzene rings is 2. The number of para-hydroxylation sites is 1. The number of nitrogens with one attached hydrogen (secondary N) is 1. The lowest BCUT2D eigenvalue weighted by Gasteiger charge is -2.09. The third-order valence-electron chi connectivity index (χ3n) is 3.19. The van der Waals surface area contributed by atoms with Crippen LogP contribution in [0.15, 0.2) is 54.6 Å². The van der Waals surface area contributed by atoms with Crippen LogP contribution in [0.5, 0.6) is 17.2 Å². The summed E-state index contributed by atoms with van der Waals surface area (Å²) in [7, 11) is 0. The Bertz CT molecular complexity index is 534. The largest absolute Gasteiger partial charge is 0.494 e. The summed E-state index contributed by atoms with van der Waals surface area (Å²) in [6.45, 7) is 5.75. The average molecular weight is 352 g/mol. The molecule has 0 saturated carbocycles. The Kier molecular flexibility index (Phi) is 10.5. The zero-order valence-corrected chi connectivity index (χ0v) is 14.9. The highest BCUT2D eigenvalue weighted by atomic mass is 35.5. The molecule has 24 heavy (non-hydrogen) atoms. The van der Waals surface area contributed by atoms with E-state index in [0.717, 1.165) is 43.4 Å². The number of ether oxygens (including phenoxy) is 3. The van der Waals surface area contributed by atoms with Gasteiger partial charge in [0.15, 0.2) is 0 Å². The van der Waals surface area contributed by atoms with E-state index in [9.17, 15) is 0 Å². The number of rotatable bonds is 11. The minimum atomic E-state index is 0. The predicted molar refractivity (Wildman–Crippen MR) is 99.8 cm³/mol. The van der Waals surface area contributed by atoms with E-state index >= 15 is 0 Å².